The molecule has 2 aromatic rings. The van der Waals surface area contributed by atoms with Gasteiger partial charge in [0, 0.05) is 24.5 Å². The molecule has 0 bridgehead atoms. The molecule has 1 aromatic carbocycles. The number of benzene rings is 1. The van der Waals surface area contributed by atoms with Crippen molar-refractivity contribution in [1.29, 1.82) is 0 Å². The molecular formula is C12H15N3. The molecule has 0 unspecified atom stereocenters. The number of rotatable bonds is 1. The fourth-order valence-electron chi connectivity index (χ4n) is 1.75. The van der Waals surface area contributed by atoms with Crippen LogP contribution in [0.2, 0.25) is 0 Å². The lowest BCUT2D eigenvalue weighted by atomic mass is 9.98. The molecule has 78 valence electrons. The van der Waals surface area contributed by atoms with Crippen LogP contribution in [0.1, 0.15) is 11.1 Å². The summed E-state index contributed by atoms with van der Waals surface area (Å²) in [5.74, 6) is 0. The largest absolute Gasteiger partial charge is 0.399 e. The van der Waals surface area contributed by atoms with Crippen LogP contribution in [0.5, 0.6) is 0 Å². The molecule has 2 rings (SSSR count). The summed E-state index contributed by atoms with van der Waals surface area (Å²) in [6, 6.07) is 3.99. The summed E-state index contributed by atoms with van der Waals surface area (Å²) in [5, 5.41) is 4.17. The van der Waals surface area contributed by atoms with E-state index in [1.807, 2.05) is 31.6 Å². The molecule has 1 heterocycles. The molecule has 0 amide bonds. The highest BCUT2D eigenvalue weighted by molar-refractivity contribution is 5.71. The highest BCUT2D eigenvalue weighted by Gasteiger charge is 2.06. The number of hydrogen-bond acceptors (Lipinski definition) is 2. The zero-order chi connectivity index (χ0) is 11.0. The van der Waals surface area contributed by atoms with Crippen molar-refractivity contribution in [2.24, 2.45) is 7.05 Å². The van der Waals surface area contributed by atoms with E-state index in [0.29, 0.717) is 0 Å². The minimum Gasteiger partial charge on any atom is -0.399 e. The van der Waals surface area contributed by atoms with Gasteiger partial charge in [0.2, 0.25) is 0 Å². The first kappa shape index (κ1) is 9.77. The van der Waals surface area contributed by atoms with Crippen LogP contribution >= 0.6 is 0 Å². The van der Waals surface area contributed by atoms with Gasteiger partial charge in [-0.1, -0.05) is 0 Å². The molecular weight excluding hydrogens is 186 g/mol. The Morgan fingerprint density at radius 1 is 1.27 bits per heavy atom. The predicted molar refractivity (Wildman–Crippen MR) is 62.5 cm³/mol. The fraction of sp³-hybridized carbons (Fsp3) is 0.250. The second kappa shape index (κ2) is 3.42. The number of hydrogen-bond donors (Lipinski definition) is 1. The summed E-state index contributed by atoms with van der Waals surface area (Å²) in [5.41, 5.74) is 11.4. The van der Waals surface area contributed by atoms with Gasteiger partial charge < -0.3 is 5.73 Å². The normalized spacial score (nSPS) is 10.6. The van der Waals surface area contributed by atoms with Gasteiger partial charge in [-0.25, -0.2) is 0 Å². The lowest BCUT2D eigenvalue weighted by Gasteiger charge is -2.08. The van der Waals surface area contributed by atoms with E-state index >= 15 is 0 Å². The Bertz CT molecular complexity index is 498. The van der Waals surface area contributed by atoms with Crippen molar-refractivity contribution in [2.45, 2.75) is 13.8 Å². The molecule has 0 fully saturated rings. The summed E-state index contributed by atoms with van der Waals surface area (Å²) in [6.45, 7) is 4.18. The van der Waals surface area contributed by atoms with Crippen molar-refractivity contribution in [3.05, 3.63) is 35.7 Å². The zero-order valence-electron chi connectivity index (χ0n) is 9.28. The van der Waals surface area contributed by atoms with Crippen molar-refractivity contribution in [3.63, 3.8) is 0 Å². The number of anilines is 1. The van der Waals surface area contributed by atoms with E-state index in [-0.39, 0.29) is 0 Å². The molecule has 0 aliphatic heterocycles. The van der Waals surface area contributed by atoms with E-state index < -0.39 is 0 Å². The van der Waals surface area contributed by atoms with E-state index in [1.165, 1.54) is 16.7 Å². The van der Waals surface area contributed by atoms with Crippen LogP contribution in [0, 0.1) is 13.8 Å². The molecule has 15 heavy (non-hydrogen) atoms. The maximum atomic E-state index is 5.85. The quantitative estimate of drug-likeness (QED) is 0.719. The number of aromatic nitrogens is 2. The molecule has 0 saturated heterocycles. The third kappa shape index (κ3) is 1.73. The van der Waals surface area contributed by atoms with E-state index in [4.69, 9.17) is 5.73 Å². The minimum absolute atomic E-state index is 0.803. The lowest BCUT2D eigenvalue weighted by Crippen LogP contribution is -1.92. The molecule has 3 nitrogen and oxygen atoms in total. The number of nitrogens with two attached hydrogens (primary N) is 1. The maximum absolute atomic E-state index is 5.85. The van der Waals surface area contributed by atoms with Crippen LogP contribution in [-0.2, 0) is 7.05 Å². The van der Waals surface area contributed by atoms with Gasteiger partial charge in [0.25, 0.3) is 0 Å². The molecule has 0 atom stereocenters. The molecule has 3 heteroatoms. The number of nitrogens with zero attached hydrogens (tertiary/aromatic N) is 2. The van der Waals surface area contributed by atoms with Gasteiger partial charge in [-0.2, -0.15) is 5.10 Å². The molecule has 2 N–H and O–H groups in total. The summed E-state index contributed by atoms with van der Waals surface area (Å²) < 4.78 is 1.80. The monoisotopic (exact) mass is 201 g/mol. The SMILES string of the molecule is Cc1cc(N)cc(-c2cnn(C)c2)c1C. The van der Waals surface area contributed by atoms with E-state index in [0.717, 1.165) is 11.3 Å². The molecule has 0 spiro atoms. The van der Waals surface area contributed by atoms with Crippen molar-refractivity contribution < 1.29 is 0 Å². The summed E-state index contributed by atoms with van der Waals surface area (Å²) in [6.07, 6.45) is 3.86. The Hall–Kier alpha value is -1.77. The second-order valence-corrected chi connectivity index (χ2v) is 3.91. The smallest absolute Gasteiger partial charge is 0.0568 e. The van der Waals surface area contributed by atoms with Crippen molar-refractivity contribution in [3.8, 4) is 11.1 Å². The van der Waals surface area contributed by atoms with Crippen LogP contribution in [0.3, 0.4) is 0 Å². The van der Waals surface area contributed by atoms with Crippen LogP contribution in [0.4, 0.5) is 5.69 Å². The standard InChI is InChI=1S/C12H15N3/c1-8-4-11(13)5-12(9(8)2)10-6-14-15(3)7-10/h4-7H,13H2,1-3H3. The molecule has 0 radical (unpaired) electrons. The van der Waals surface area contributed by atoms with Gasteiger partial charge in [0.15, 0.2) is 0 Å². The third-order valence-corrected chi connectivity index (χ3v) is 2.71. The fourth-order valence-corrected chi connectivity index (χ4v) is 1.75. The van der Waals surface area contributed by atoms with Gasteiger partial charge in [0.1, 0.15) is 0 Å². The Labute approximate surface area is 89.5 Å². The first-order valence-corrected chi connectivity index (χ1v) is 4.93. The van der Waals surface area contributed by atoms with Crippen molar-refractivity contribution in [2.75, 3.05) is 5.73 Å². The van der Waals surface area contributed by atoms with Crippen LogP contribution < -0.4 is 5.73 Å². The van der Waals surface area contributed by atoms with Gasteiger partial charge >= 0.3 is 0 Å². The van der Waals surface area contributed by atoms with Crippen LogP contribution in [0.25, 0.3) is 11.1 Å². The second-order valence-electron chi connectivity index (χ2n) is 3.91. The van der Waals surface area contributed by atoms with Crippen molar-refractivity contribution >= 4 is 5.69 Å². The molecule has 1 aromatic heterocycles. The maximum Gasteiger partial charge on any atom is 0.0568 e. The van der Waals surface area contributed by atoms with Crippen LogP contribution in [-0.4, -0.2) is 9.78 Å². The molecule has 0 aliphatic carbocycles. The van der Waals surface area contributed by atoms with Crippen molar-refractivity contribution in [1.82, 2.24) is 9.78 Å². The average molecular weight is 201 g/mol. The van der Waals surface area contributed by atoms with E-state index in [1.54, 1.807) is 4.68 Å². The van der Waals surface area contributed by atoms with Gasteiger partial charge in [-0.3, -0.25) is 4.68 Å². The highest BCUT2D eigenvalue weighted by atomic mass is 15.2. The van der Waals surface area contributed by atoms with Gasteiger partial charge in [0.05, 0.1) is 6.20 Å². The summed E-state index contributed by atoms with van der Waals surface area (Å²) in [4.78, 5) is 0. The molecule has 0 saturated carbocycles. The molecule has 0 aliphatic rings. The van der Waals surface area contributed by atoms with Crippen LogP contribution in [0.15, 0.2) is 24.5 Å². The summed E-state index contributed by atoms with van der Waals surface area (Å²) >= 11 is 0. The van der Waals surface area contributed by atoms with Gasteiger partial charge in [-0.15, -0.1) is 0 Å². The topological polar surface area (TPSA) is 43.8 Å². The first-order chi connectivity index (χ1) is 7.08. The number of nitrogen functional groups attached to an aromatic ring is 1. The van der Waals surface area contributed by atoms with Gasteiger partial charge in [-0.05, 0) is 42.7 Å². The Morgan fingerprint density at radius 2 is 2.00 bits per heavy atom. The first-order valence-electron chi connectivity index (χ1n) is 4.93. The zero-order valence-corrected chi connectivity index (χ0v) is 9.28. The summed E-state index contributed by atoms with van der Waals surface area (Å²) in [7, 11) is 1.91. The highest BCUT2D eigenvalue weighted by Crippen LogP contribution is 2.27. The predicted octanol–water partition coefficient (Wildman–Crippen LogP) is 2.29. The van der Waals surface area contributed by atoms with E-state index in [2.05, 4.69) is 18.9 Å². The Balaban J connectivity index is 2.62. The minimum atomic E-state index is 0.803. The van der Waals surface area contributed by atoms with E-state index in [9.17, 15) is 0 Å². The average Bonchev–Trinajstić information content (AvgIpc) is 2.58. The lowest BCUT2D eigenvalue weighted by molar-refractivity contribution is 0.768. The Kier molecular flexibility index (Phi) is 2.23. The third-order valence-electron chi connectivity index (χ3n) is 2.71. The Morgan fingerprint density at radius 3 is 2.60 bits per heavy atom. The number of aryl methyl sites for hydroxylation is 2.